The van der Waals surface area contributed by atoms with Crippen LogP contribution < -0.4 is 16.5 Å². The van der Waals surface area contributed by atoms with Gasteiger partial charge in [0, 0.05) is 23.5 Å². The number of nitrogens with zero attached hydrogens (tertiary/aromatic N) is 2. The van der Waals surface area contributed by atoms with Gasteiger partial charge in [0.1, 0.15) is 5.82 Å². The smallest absolute Gasteiger partial charge is 0.254 e. The van der Waals surface area contributed by atoms with Gasteiger partial charge in [-0.2, -0.15) is 5.10 Å². The van der Waals surface area contributed by atoms with Gasteiger partial charge < -0.3 is 0 Å². The van der Waals surface area contributed by atoms with E-state index in [2.05, 4.69) is 34.9 Å². The van der Waals surface area contributed by atoms with Gasteiger partial charge in [-0.3, -0.25) is 10.9 Å². The fraction of sp³-hybridized carbons (Fsp3) is 0.429. The topological polar surface area (TPSA) is 74.7 Å². The van der Waals surface area contributed by atoms with Crippen molar-refractivity contribution in [3.63, 3.8) is 0 Å². The molecule has 3 N–H and O–H groups in total. The Morgan fingerprint density at radius 2 is 2.00 bits per heavy atom. The molecule has 112 valence electrons. The van der Waals surface area contributed by atoms with Crippen LogP contribution in [-0.4, -0.2) is 26.8 Å². The summed E-state index contributed by atoms with van der Waals surface area (Å²) in [6, 6.07) is 7.86. The number of hydrazine groups is 1. The lowest BCUT2D eigenvalue weighted by atomic mass is 9.93. The molecule has 6 nitrogen and oxygen atoms in total. The maximum atomic E-state index is 12.1. The molecule has 2 aromatic rings. The quantitative estimate of drug-likeness (QED) is 0.798. The lowest BCUT2D eigenvalue weighted by molar-refractivity contribution is 0.430. The van der Waals surface area contributed by atoms with Crippen LogP contribution in [0, 0.1) is 5.92 Å². The molecule has 7 heteroatoms. The van der Waals surface area contributed by atoms with Crippen molar-refractivity contribution in [2.24, 2.45) is 5.92 Å². The molecule has 1 saturated heterocycles. The van der Waals surface area contributed by atoms with E-state index in [1.54, 1.807) is 16.7 Å². The molecule has 2 atom stereocenters. The zero-order chi connectivity index (χ0) is 15.0. The molecule has 1 aromatic carbocycles. The van der Waals surface area contributed by atoms with Gasteiger partial charge in [-0.25, -0.2) is 14.5 Å². The van der Waals surface area contributed by atoms with Crippen LogP contribution >= 0.6 is 11.6 Å². The number of H-pyrrole nitrogens is 1. The summed E-state index contributed by atoms with van der Waals surface area (Å²) in [6.45, 7) is 4.24. The van der Waals surface area contributed by atoms with Gasteiger partial charge in [0.2, 0.25) is 0 Å². The van der Waals surface area contributed by atoms with Crippen molar-refractivity contribution in [3.05, 3.63) is 45.6 Å². The molecule has 1 aliphatic heterocycles. The highest BCUT2D eigenvalue weighted by molar-refractivity contribution is 6.30. The molecule has 0 saturated carbocycles. The summed E-state index contributed by atoms with van der Waals surface area (Å²) >= 11 is 6.02. The molecule has 3 rings (SSSR count). The van der Waals surface area contributed by atoms with Crippen molar-refractivity contribution < 1.29 is 0 Å². The first-order valence-corrected chi connectivity index (χ1v) is 7.37. The molecule has 0 bridgehead atoms. The highest BCUT2D eigenvalue weighted by Crippen LogP contribution is 2.20. The number of nitrogens with one attached hydrogen (secondary N) is 3. The first-order chi connectivity index (χ1) is 10.1. The average Bonchev–Trinajstić information content (AvgIpc) is 2.96. The van der Waals surface area contributed by atoms with Gasteiger partial charge in [0.15, 0.2) is 0 Å². The van der Waals surface area contributed by atoms with E-state index in [1.807, 2.05) is 12.1 Å². The second kappa shape index (κ2) is 5.63. The Kier molecular flexibility index (Phi) is 3.84. The van der Waals surface area contributed by atoms with Crippen molar-refractivity contribution in [2.45, 2.75) is 32.4 Å². The van der Waals surface area contributed by atoms with E-state index in [1.165, 1.54) is 0 Å². The number of benzene rings is 1. The van der Waals surface area contributed by atoms with Crippen LogP contribution in [0.15, 0.2) is 29.1 Å². The van der Waals surface area contributed by atoms with Crippen molar-refractivity contribution >= 4 is 11.6 Å². The summed E-state index contributed by atoms with van der Waals surface area (Å²) in [5, 5.41) is 7.31. The van der Waals surface area contributed by atoms with Crippen LogP contribution in [0.1, 0.15) is 19.7 Å². The first-order valence-electron chi connectivity index (χ1n) is 6.99. The van der Waals surface area contributed by atoms with Crippen LogP contribution in [0.3, 0.4) is 0 Å². The third-order valence-electron chi connectivity index (χ3n) is 4.05. The fourth-order valence-electron chi connectivity index (χ4n) is 2.82. The number of aromatic amines is 1. The van der Waals surface area contributed by atoms with Crippen molar-refractivity contribution in [2.75, 3.05) is 0 Å². The molecular weight excluding hydrogens is 290 g/mol. The normalized spacial score (nSPS) is 25.4. The maximum absolute atomic E-state index is 12.1. The van der Waals surface area contributed by atoms with E-state index in [0.29, 0.717) is 29.4 Å². The molecule has 0 aliphatic carbocycles. The Balaban J connectivity index is 1.96. The number of hydrogen-bond donors (Lipinski definition) is 3. The summed E-state index contributed by atoms with van der Waals surface area (Å²) in [5.74, 6) is 1.08. The summed E-state index contributed by atoms with van der Waals surface area (Å²) in [4.78, 5) is 12.1. The van der Waals surface area contributed by atoms with E-state index in [0.717, 1.165) is 11.5 Å². The lowest BCUT2D eigenvalue weighted by Gasteiger charge is -2.17. The molecule has 1 aromatic heterocycles. The summed E-state index contributed by atoms with van der Waals surface area (Å²) in [7, 11) is 0. The summed E-state index contributed by atoms with van der Waals surface area (Å²) in [6.07, 6.45) is 0.702. The predicted molar refractivity (Wildman–Crippen MR) is 81.6 cm³/mol. The van der Waals surface area contributed by atoms with Crippen LogP contribution in [0.2, 0.25) is 5.02 Å². The van der Waals surface area contributed by atoms with E-state index in [-0.39, 0.29) is 5.69 Å². The SMILES string of the molecule is CC1NNC(C)C1Cc1n[nH]c(=O)n1-c1cccc(Cl)c1. The van der Waals surface area contributed by atoms with Gasteiger partial charge >= 0.3 is 5.69 Å². The molecule has 2 heterocycles. The summed E-state index contributed by atoms with van der Waals surface area (Å²) in [5.41, 5.74) is 6.92. The largest absolute Gasteiger partial charge is 0.347 e. The van der Waals surface area contributed by atoms with E-state index in [4.69, 9.17) is 11.6 Å². The van der Waals surface area contributed by atoms with Crippen molar-refractivity contribution in [1.29, 1.82) is 0 Å². The standard InChI is InChI=1S/C14H18ClN5O/c1-8-12(9(2)17-16-8)7-13-18-19-14(21)20(13)11-5-3-4-10(15)6-11/h3-6,8-9,12,16-17H,7H2,1-2H3,(H,19,21). The summed E-state index contributed by atoms with van der Waals surface area (Å²) < 4.78 is 1.59. The Morgan fingerprint density at radius 3 is 2.67 bits per heavy atom. The molecule has 21 heavy (non-hydrogen) atoms. The van der Waals surface area contributed by atoms with Crippen molar-refractivity contribution in [1.82, 2.24) is 25.6 Å². The minimum Gasteiger partial charge on any atom is -0.254 e. The molecular formula is C14H18ClN5O. The van der Waals surface area contributed by atoms with Gasteiger partial charge in [-0.05, 0) is 38.0 Å². The Morgan fingerprint density at radius 1 is 1.29 bits per heavy atom. The van der Waals surface area contributed by atoms with Crippen LogP contribution in [0.4, 0.5) is 0 Å². The molecule has 0 radical (unpaired) electrons. The number of hydrogen-bond acceptors (Lipinski definition) is 4. The monoisotopic (exact) mass is 307 g/mol. The van der Waals surface area contributed by atoms with Crippen LogP contribution in [0.25, 0.3) is 5.69 Å². The Hall–Kier alpha value is -1.63. The van der Waals surface area contributed by atoms with Crippen molar-refractivity contribution in [3.8, 4) is 5.69 Å². The molecule has 2 unspecified atom stereocenters. The second-order valence-corrected chi connectivity index (χ2v) is 5.93. The maximum Gasteiger partial charge on any atom is 0.347 e. The van der Waals surface area contributed by atoms with Gasteiger partial charge in [-0.15, -0.1) is 0 Å². The van der Waals surface area contributed by atoms with Gasteiger partial charge in [0.05, 0.1) is 5.69 Å². The second-order valence-electron chi connectivity index (χ2n) is 5.49. The Bertz CT molecular complexity index is 685. The third kappa shape index (κ3) is 2.74. The van der Waals surface area contributed by atoms with E-state index in [9.17, 15) is 4.79 Å². The zero-order valence-corrected chi connectivity index (χ0v) is 12.7. The minimum atomic E-state index is -0.244. The van der Waals surface area contributed by atoms with Crippen LogP contribution in [-0.2, 0) is 6.42 Å². The fourth-order valence-corrected chi connectivity index (χ4v) is 3.01. The molecule has 0 spiro atoms. The number of halogens is 1. The number of rotatable bonds is 3. The van der Waals surface area contributed by atoms with Gasteiger partial charge in [-0.1, -0.05) is 17.7 Å². The predicted octanol–water partition coefficient (Wildman–Crippen LogP) is 1.26. The number of aromatic nitrogens is 3. The van der Waals surface area contributed by atoms with Crippen LogP contribution in [0.5, 0.6) is 0 Å². The first kappa shape index (κ1) is 14.3. The molecule has 1 aliphatic rings. The molecule has 1 fully saturated rings. The van der Waals surface area contributed by atoms with E-state index >= 15 is 0 Å². The molecule has 0 amide bonds. The van der Waals surface area contributed by atoms with E-state index < -0.39 is 0 Å². The Labute approximate surface area is 127 Å². The third-order valence-corrected chi connectivity index (χ3v) is 4.28. The highest BCUT2D eigenvalue weighted by atomic mass is 35.5. The minimum absolute atomic E-state index is 0.244. The highest BCUT2D eigenvalue weighted by Gasteiger charge is 2.31. The lowest BCUT2D eigenvalue weighted by Crippen LogP contribution is -2.30. The zero-order valence-electron chi connectivity index (χ0n) is 11.9. The van der Waals surface area contributed by atoms with Gasteiger partial charge in [0.25, 0.3) is 0 Å². The average molecular weight is 308 g/mol.